The second-order valence-electron chi connectivity index (χ2n) is 6.94. The van der Waals surface area contributed by atoms with Crippen molar-refractivity contribution >= 4 is 5.91 Å². The normalized spacial score (nSPS) is 15.1. The van der Waals surface area contributed by atoms with Crippen molar-refractivity contribution in [3.8, 4) is 16.9 Å². The third kappa shape index (κ3) is 4.01. The van der Waals surface area contributed by atoms with E-state index < -0.39 is 5.91 Å². The van der Waals surface area contributed by atoms with E-state index in [0.717, 1.165) is 74.1 Å². The van der Waals surface area contributed by atoms with Gasteiger partial charge in [-0.1, -0.05) is 18.2 Å². The Bertz CT molecular complexity index is 807. The Morgan fingerprint density at radius 1 is 1.15 bits per heavy atom. The Morgan fingerprint density at radius 2 is 1.85 bits per heavy atom. The molecule has 2 N–H and O–H groups in total. The molecule has 0 saturated carbocycles. The van der Waals surface area contributed by atoms with E-state index in [2.05, 4.69) is 16.4 Å². The molecule has 1 aliphatic rings. The number of rotatable bonds is 7. The highest BCUT2D eigenvalue weighted by Crippen LogP contribution is 2.37. The van der Waals surface area contributed by atoms with Crippen LogP contribution in [0.5, 0.6) is 5.75 Å². The van der Waals surface area contributed by atoms with Gasteiger partial charge in [-0.2, -0.15) is 0 Å². The first-order valence-corrected chi connectivity index (χ1v) is 9.47. The smallest absolute Gasteiger partial charge is 0.251 e. The first-order chi connectivity index (χ1) is 13.0. The van der Waals surface area contributed by atoms with Crippen LogP contribution < -0.4 is 10.5 Å². The summed E-state index contributed by atoms with van der Waals surface area (Å²) in [5.74, 6) is 0.344. The molecule has 1 aromatic heterocycles. The summed E-state index contributed by atoms with van der Waals surface area (Å²) in [6.45, 7) is 9.50. The third-order valence-corrected chi connectivity index (χ3v) is 5.37. The fraction of sp³-hybridized carbons (Fsp3) is 0.476. The van der Waals surface area contributed by atoms with E-state index in [1.807, 2.05) is 31.2 Å². The summed E-state index contributed by atoms with van der Waals surface area (Å²) in [6.07, 6.45) is 1.01. The summed E-state index contributed by atoms with van der Waals surface area (Å²) in [6, 6.07) is 7.76. The van der Waals surface area contributed by atoms with Crippen LogP contribution in [0, 0.1) is 13.8 Å². The number of carbonyl (C=O) groups excluding carboxylic acids is 1. The van der Waals surface area contributed by atoms with Gasteiger partial charge in [-0.15, -0.1) is 0 Å². The predicted molar refractivity (Wildman–Crippen MR) is 106 cm³/mol. The summed E-state index contributed by atoms with van der Waals surface area (Å²) in [5.41, 5.74) is 10.1. The molecule has 1 amide bonds. The zero-order valence-corrected chi connectivity index (χ0v) is 16.5. The van der Waals surface area contributed by atoms with E-state index in [1.165, 1.54) is 0 Å². The Morgan fingerprint density at radius 3 is 2.52 bits per heavy atom. The van der Waals surface area contributed by atoms with Crippen molar-refractivity contribution in [2.24, 2.45) is 5.73 Å². The van der Waals surface area contributed by atoms with Crippen LogP contribution in [0.2, 0.25) is 0 Å². The average molecular weight is 371 g/mol. The van der Waals surface area contributed by atoms with Crippen molar-refractivity contribution in [2.75, 3.05) is 40.0 Å². The van der Waals surface area contributed by atoms with Crippen LogP contribution in [0.15, 0.2) is 24.3 Å². The largest absolute Gasteiger partial charge is 0.496 e. The van der Waals surface area contributed by atoms with Crippen molar-refractivity contribution in [1.82, 2.24) is 9.47 Å². The minimum atomic E-state index is -0.400. The van der Waals surface area contributed by atoms with Gasteiger partial charge in [0.15, 0.2) is 0 Å². The highest BCUT2D eigenvalue weighted by Gasteiger charge is 2.24. The molecule has 1 saturated heterocycles. The average Bonchev–Trinajstić information content (AvgIpc) is 2.93. The molecule has 1 fully saturated rings. The van der Waals surface area contributed by atoms with E-state index in [-0.39, 0.29) is 0 Å². The molecule has 2 heterocycles. The van der Waals surface area contributed by atoms with Gasteiger partial charge in [0.2, 0.25) is 0 Å². The van der Waals surface area contributed by atoms with E-state index in [9.17, 15) is 4.79 Å². The molecule has 146 valence electrons. The number of aromatic nitrogens is 1. The highest BCUT2D eigenvalue weighted by molar-refractivity contribution is 6.02. The summed E-state index contributed by atoms with van der Waals surface area (Å²) < 4.78 is 13.1. The minimum absolute atomic E-state index is 0.400. The van der Waals surface area contributed by atoms with Gasteiger partial charge in [0.25, 0.3) is 5.91 Å². The molecule has 0 bridgehead atoms. The van der Waals surface area contributed by atoms with Crippen molar-refractivity contribution in [2.45, 2.75) is 26.8 Å². The van der Waals surface area contributed by atoms with E-state index in [4.69, 9.17) is 15.2 Å². The lowest BCUT2D eigenvalue weighted by molar-refractivity contribution is 0.0369. The van der Waals surface area contributed by atoms with Gasteiger partial charge in [0, 0.05) is 48.7 Å². The van der Waals surface area contributed by atoms with Gasteiger partial charge in [0.05, 0.1) is 25.9 Å². The maximum Gasteiger partial charge on any atom is 0.251 e. The van der Waals surface area contributed by atoms with Crippen LogP contribution in [0.25, 0.3) is 11.1 Å². The molecule has 6 nitrogen and oxygen atoms in total. The van der Waals surface area contributed by atoms with Gasteiger partial charge >= 0.3 is 0 Å². The molecule has 0 radical (unpaired) electrons. The Balaban J connectivity index is 1.90. The van der Waals surface area contributed by atoms with Crippen LogP contribution in [0.3, 0.4) is 0 Å². The number of ether oxygens (including phenoxy) is 2. The number of morpholine rings is 1. The number of amides is 1. The van der Waals surface area contributed by atoms with Crippen LogP contribution in [-0.4, -0.2) is 55.3 Å². The van der Waals surface area contributed by atoms with Gasteiger partial charge in [-0.25, -0.2) is 0 Å². The molecule has 0 spiro atoms. The van der Waals surface area contributed by atoms with Crippen molar-refractivity contribution in [3.63, 3.8) is 0 Å². The summed E-state index contributed by atoms with van der Waals surface area (Å²) in [5, 5.41) is 0. The topological polar surface area (TPSA) is 69.7 Å². The Hall–Kier alpha value is -2.31. The van der Waals surface area contributed by atoms with Gasteiger partial charge in [-0.05, 0) is 26.3 Å². The summed E-state index contributed by atoms with van der Waals surface area (Å²) >= 11 is 0. The second-order valence-corrected chi connectivity index (χ2v) is 6.94. The van der Waals surface area contributed by atoms with Crippen molar-refractivity contribution < 1.29 is 14.3 Å². The summed E-state index contributed by atoms with van der Waals surface area (Å²) in [7, 11) is 1.64. The maximum atomic E-state index is 12.2. The van der Waals surface area contributed by atoms with E-state index >= 15 is 0 Å². The first kappa shape index (κ1) is 19.5. The fourth-order valence-corrected chi connectivity index (χ4v) is 3.98. The predicted octanol–water partition coefficient (Wildman–Crippen LogP) is 2.60. The van der Waals surface area contributed by atoms with Crippen molar-refractivity contribution in [1.29, 1.82) is 0 Å². The molecule has 2 aromatic rings. The van der Waals surface area contributed by atoms with E-state index in [1.54, 1.807) is 7.11 Å². The lowest BCUT2D eigenvalue weighted by Gasteiger charge is -2.26. The standard InChI is InChI=1S/C21H29N3O3/c1-15-19(17-7-4-5-8-18(17)26-3)20(21(22)25)16(2)24(15)10-6-9-23-11-13-27-14-12-23/h4-5,7-8H,6,9-14H2,1-3H3,(H2,22,25). The number of carbonyl (C=O) groups is 1. The van der Waals surface area contributed by atoms with Gasteiger partial charge in [0.1, 0.15) is 5.75 Å². The number of nitrogens with two attached hydrogens (primary N) is 1. The number of nitrogens with zero attached hydrogens (tertiary/aromatic N) is 2. The molecule has 0 unspecified atom stereocenters. The third-order valence-electron chi connectivity index (χ3n) is 5.37. The number of para-hydroxylation sites is 1. The minimum Gasteiger partial charge on any atom is -0.496 e. The zero-order valence-electron chi connectivity index (χ0n) is 16.5. The molecule has 27 heavy (non-hydrogen) atoms. The summed E-state index contributed by atoms with van der Waals surface area (Å²) in [4.78, 5) is 14.7. The van der Waals surface area contributed by atoms with Crippen LogP contribution in [0.4, 0.5) is 0 Å². The molecule has 1 aromatic carbocycles. The van der Waals surface area contributed by atoms with Crippen LogP contribution in [-0.2, 0) is 11.3 Å². The monoisotopic (exact) mass is 371 g/mol. The fourth-order valence-electron chi connectivity index (χ4n) is 3.98. The van der Waals surface area contributed by atoms with Crippen LogP contribution >= 0.6 is 0 Å². The van der Waals surface area contributed by atoms with Crippen LogP contribution in [0.1, 0.15) is 28.2 Å². The number of methoxy groups -OCH3 is 1. The SMILES string of the molecule is COc1ccccc1-c1c(C(N)=O)c(C)n(CCCN2CCOCC2)c1C. The Labute approximate surface area is 160 Å². The molecular formula is C21H29N3O3. The quantitative estimate of drug-likeness (QED) is 0.812. The number of benzene rings is 1. The molecule has 6 heteroatoms. The number of primary amides is 1. The van der Waals surface area contributed by atoms with E-state index in [0.29, 0.717) is 5.56 Å². The van der Waals surface area contributed by atoms with Crippen molar-refractivity contribution in [3.05, 3.63) is 41.2 Å². The molecule has 0 aliphatic carbocycles. The molecule has 1 aliphatic heterocycles. The molecule has 0 atom stereocenters. The van der Waals surface area contributed by atoms with Gasteiger partial charge < -0.3 is 19.8 Å². The highest BCUT2D eigenvalue weighted by atomic mass is 16.5. The number of hydrogen-bond acceptors (Lipinski definition) is 4. The molecule has 3 rings (SSSR count). The lowest BCUT2D eigenvalue weighted by atomic mass is 9.99. The second kappa shape index (κ2) is 8.59. The first-order valence-electron chi connectivity index (χ1n) is 9.47. The lowest BCUT2D eigenvalue weighted by Crippen LogP contribution is -2.37. The Kier molecular flexibility index (Phi) is 6.19. The zero-order chi connectivity index (χ0) is 19.4. The van der Waals surface area contributed by atoms with Gasteiger partial charge in [-0.3, -0.25) is 9.69 Å². The number of hydrogen-bond donors (Lipinski definition) is 1. The maximum absolute atomic E-state index is 12.2. The molecular weight excluding hydrogens is 342 g/mol.